The van der Waals surface area contributed by atoms with Gasteiger partial charge in [-0.25, -0.2) is 9.37 Å². The molecular formula is C23H28FN5O3. The number of anilines is 1. The molecule has 1 atom stereocenters. The fraction of sp³-hybridized carbons (Fsp3) is 0.522. The molecule has 2 saturated heterocycles. The minimum Gasteiger partial charge on any atom is -0.497 e. The number of aryl methyl sites for hydroxylation is 2. The van der Waals surface area contributed by atoms with Crippen molar-refractivity contribution in [2.75, 3.05) is 38.3 Å². The maximum atomic E-state index is 15.0. The molecule has 2 fully saturated rings. The average Bonchev–Trinajstić information content (AvgIpc) is 3.46. The van der Waals surface area contributed by atoms with E-state index < -0.39 is 5.82 Å². The van der Waals surface area contributed by atoms with Gasteiger partial charge in [-0.1, -0.05) is 5.16 Å². The Labute approximate surface area is 186 Å². The number of nitrogens with zero attached hydrogens (tertiary/aromatic N) is 4. The minimum absolute atomic E-state index is 0.321. The zero-order chi connectivity index (χ0) is 22.2. The molecule has 0 spiro atoms. The van der Waals surface area contributed by atoms with Crippen molar-refractivity contribution in [1.29, 1.82) is 0 Å². The fourth-order valence-corrected chi connectivity index (χ4v) is 4.70. The second kappa shape index (κ2) is 8.63. The van der Waals surface area contributed by atoms with Crippen molar-refractivity contribution >= 4 is 16.7 Å². The zero-order valence-corrected chi connectivity index (χ0v) is 18.7. The molecular weight excluding hydrogens is 413 g/mol. The Morgan fingerprint density at radius 2 is 1.94 bits per heavy atom. The number of methoxy groups -OCH3 is 1. The van der Waals surface area contributed by atoms with Crippen LogP contribution in [-0.4, -0.2) is 60.6 Å². The molecule has 170 valence electrons. The second-order valence-electron chi connectivity index (χ2n) is 8.58. The van der Waals surface area contributed by atoms with Crippen LogP contribution in [0.3, 0.4) is 0 Å². The standard InChI is InChI=1S/C23H28FN5O3/c1-13-18-10-17(30-3)11-19(24)21(18)27-22(20(13)23-25-14(2)28-32-23)29-7-4-15(5-8-29)26-16-6-9-31-12-16/h10-11,15-16,26H,4-9,12H2,1-3H3/t16-/m0/s1. The lowest BCUT2D eigenvalue weighted by atomic mass is 9.99. The van der Waals surface area contributed by atoms with Crippen LogP contribution in [0.15, 0.2) is 16.7 Å². The highest BCUT2D eigenvalue weighted by atomic mass is 19.1. The minimum atomic E-state index is -0.408. The van der Waals surface area contributed by atoms with Crippen molar-refractivity contribution in [3.63, 3.8) is 0 Å². The highest BCUT2D eigenvalue weighted by Crippen LogP contribution is 2.38. The number of hydrogen-bond acceptors (Lipinski definition) is 8. The Bertz CT molecular complexity index is 1120. The normalized spacial score (nSPS) is 19.8. The number of halogens is 1. The van der Waals surface area contributed by atoms with Gasteiger partial charge in [-0.15, -0.1) is 0 Å². The Morgan fingerprint density at radius 3 is 2.59 bits per heavy atom. The van der Waals surface area contributed by atoms with Gasteiger partial charge in [0, 0.05) is 43.2 Å². The first-order chi connectivity index (χ1) is 15.5. The van der Waals surface area contributed by atoms with Crippen LogP contribution in [0.2, 0.25) is 0 Å². The van der Waals surface area contributed by atoms with E-state index in [1.54, 1.807) is 13.0 Å². The summed E-state index contributed by atoms with van der Waals surface area (Å²) in [7, 11) is 1.52. The molecule has 0 aliphatic carbocycles. The molecule has 4 heterocycles. The first-order valence-corrected chi connectivity index (χ1v) is 11.1. The third-order valence-corrected chi connectivity index (χ3v) is 6.43. The number of rotatable bonds is 5. The van der Waals surface area contributed by atoms with Crippen molar-refractivity contribution in [1.82, 2.24) is 20.4 Å². The summed E-state index contributed by atoms with van der Waals surface area (Å²) >= 11 is 0. The number of aromatic nitrogens is 3. The molecule has 8 nitrogen and oxygen atoms in total. The maximum Gasteiger partial charge on any atom is 0.261 e. The van der Waals surface area contributed by atoms with Gasteiger partial charge in [0.2, 0.25) is 0 Å². The van der Waals surface area contributed by atoms with E-state index in [2.05, 4.69) is 20.4 Å². The molecule has 0 saturated carbocycles. The van der Waals surface area contributed by atoms with E-state index in [4.69, 9.17) is 19.0 Å². The van der Waals surface area contributed by atoms with E-state index in [1.165, 1.54) is 13.2 Å². The highest BCUT2D eigenvalue weighted by Gasteiger charge is 2.29. The third kappa shape index (κ3) is 3.91. The summed E-state index contributed by atoms with van der Waals surface area (Å²) in [6, 6.07) is 4.05. The van der Waals surface area contributed by atoms with Gasteiger partial charge in [0.1, 0.15) is 17.1 Å². The monoisotopic (exact) mass is 441 g/mol. The van der Waals surface area contributed by atoms with Crippen molar-refractivity contribution in [2.45, 2.75) is 45.2 Å². The molecule has 9 heteroatoms. The predicted molar refractivity (Wildman–Crippen MR) is 119 cm³/mol. The SMILES string of the molecule is COc1cc(F)c2nc(N3CCC(N[C@H]4CCOC4)CC3)c(-c3nc(C)no3)c(C)c2c1. The summed E-state index contributed by atoms with van der Waals surface area (Å²) in [6.07, 6.45) is 3.01. The largest absolute Gasteiger partial charge is 0.497 e. The summed E-state index contributed by atoms with van der Waals surface area (Å²) in [5.74, 6) is 1.67. The topological polar surface area (TPSA) is 85.5 Å². The van der Waals surface area contributed by atoms with E-state index in [0.717, 1.165) is 56.7 Å². The van der Waals surface area contributed by atoms with E-state index >= 15 is 0 Å². The zero-order valence-electron chi connectivity index (χ0n) is 18.7. The van der Waals surface area contributed by atoms with Crippen molar-refractivity contribution in [3.8, 4) is 17.2 Å². The summed E-state index contributed by atoms with van der Waals surface area (Å²) in [4.78, 5) is 11.4. The van der Waals surface area contributed by atoms with Crippen LogP contribution in [0.25, 0.3) is 22.4 Å². The first-order valence-electron chi connectivity index (χ1n) is 11.1. The van der Waals surface area contributed by atoms with Gasteiger partial charge in [-0.3, -0.25) is 0 Å². The van der Waals surface area contributed by atoms with Gasteiger partial charge in [0.15, 0.2) is 11.6 Å². The van der Waals surface area contributed by atoms with E-state index in [-0.39, 0.29) is 0 Å². The lowest BCUT2D eigenvalue weighted by Crippen LogP contribution is -2.46. The van der Waals surface area contributed by atoms with Crippen LogP contribution >= 0.6 is 0 Å². The Hall–Kier alpha value is -2.78. The van der Waals surface area contributed by atoms with Crippen LogP contribution in [-0.2, 0) is 4.74 Å². The quantitative estimate of drug-likeness (QED) is 0.645. The molecule has 32 heavy (non-hydrogen) atoms. The van der Waals surface area contributed by atoms with Gasteiger partial charge in [0.05, 0.1) is 19.3 Å². The Balaban J connectivity index is 1.52. The van der Waals surface area contributed by atoms with Gasteiger partial charge >= 0.3 is 0 Å². The maximum absolute atomic E-state index is 15.0. The molecule has 2 aliphatic heterocycles. The van der Waals surface area contributed by atoms with Crippen molar-refractivity contribution in [3.05, 3.63) is 29.3 Å². The van der Waals surface area contributed by atoms with Crippen LogP contribution in [0, 0.1) is 19.7 Å². The van der Waals surface area contributed by atoms with E-state index in [1.807, 2.05) is 6.92 Å². The van der Waals surface area contributed by atoms with Gasteiger partial charge in [-0.05, 0) is 44.7 Å². The average molecular weight is 442 g/mol. The lowest BCUT2D eigenvalue weighted by Gasteiger charge is -2.35. The van der Waals surface area contributed by atoms with Gasteiger partial charge < -0.3 is 24.2 Å². The Kier molecular flexibility index (Phi) is 5.69. The number of ether oxygens (including phenoxy) is 2. The summed E-state index contributed by atoms with van der Waals surface area (Å²) in [6.45, 7) is 6.95. The number of nitrogens with one attached hydrogen (secondary N) is 1. The second-order valence-corrected chi connectivity index (χ2v) is 8.58. The molecule has 1 aromatic carbocycles. The smallest absolute Gasteiger partial charge is 0.261 e. The van der Waals surface area contributed by atoms with Crippen molar-refractivity contribution in [2.24, 2.45) is 0 Å². The van der Waals surface area contributed by atoms with Gasteiger partial charge in [-0.2, -0.15) is 4.98 Å². The van der Waals surface area contributed by atoms with Crippen molar-refractivity contribution < 1.29 is 18.4 Å². The fourth-order valence-electron chi connectivity index (χ4n) is 4.70. The molecule has 3 aromatic rings. The first kappa shape index (κ1) is 21.1. The summed E-state index contributed by atoms with van der Waals surface area (Å²) < 4.78 is 31.2. The summed E-state index contributed by atoms with van der Waals surface area (Å²) in [5.41, 5.74) is 1.91. The molecule has 5 rings (SSSR count). The lowest BCUT2D eigenvalue weighted by molar-refractivity contribution is 0.186. The number of pyridine rings is 1. The molecule has 2 aliphatic rings. The Morgan fingerprint density at radius 1 is 1.12 bits per heavy atom. The molecule has 0 bridgehead atoms. The van der Waals surface area contributed by atoms with Crippen LogP contribution in [0.5, 0.6) is 5.75 Å². The summed E-state index contributed by atoms with van der Waals surface area (Å²) in [5, 5.41) is 8.36. The van der Waals surface area contributed by atoms with Crippen LogP contribution < -0.4 is 15.0 Å². The van der Waals surface area contributed by atoms with Crippen LogP contribution in [0.1, 0.15) is 30.7 Å². The van der Waals surface area contributed by atoms with E-state index in [9.17, 15) is 4.39 Å². The van der Waals surface area contributed by atoms with E-state index in [0.29, 0.717) is 46.3 Å². The number of fused-ring (bicyclic) bond motifs is 1. The highest BCUT2D eigenvalue weighted by molar-refractivity contribution is 5.93. The molecule has 1 N–H and O–H groups in total. The number of hydrogen-bond donors (Lipinski definition) is 1. The number of benzene rings is 1. The van der Waals surface area contributed by atoms with Gasteiger partial charge in [0.25, 0.3) is 5.89 Å². The molecule has 0 radical (unpaired) electrons. The molecule has 0 amide bonds. The molecule has 0 unspecified atom stereocenters. The number of piperidine rings is 1. The predicted octanol–water partition coefficient (Wildman–Crippen LogP) is 3.40. The van der Waals surface area contributed by atoms with Crippen LogP contribution in [0.4, 0.5) is 10.2 Å². The molecule has 2 aromatic heterocycles. The third-order valence-electron chi connectivity index (χ3n) is 6.43.